The fraction of sp³-hybridized carbons (Fsp3) is 0.308. The molecule has 1 atom stereocenters. The molecule has 0 N–H and O–H groups in total. The van der Waals surface area contributed by atoms with Crippen LogP contribution in [0.5, 0.6) is 11.5 Å². The number of benzene rings is 2. The number of fused-ring (bicyclic) bond motifs is 3. The monoisotopic (exact) mass is 418 g/mol. The molecule has 31 heavy (non-hydrogen) atoms. The van der Waals surface area contributed by atoms with Crippen LogP contribution in [0.25, 0.3) is 28.2 Å². The molecule has 0 spiro atoms. The van der Waals surface area contributed by atoms with Crippen molar-refractivity contribution in [2.75, 3.05) is 7.11 Å². The molecule has 160 valence electrons. The molecule has 1 aliphatic rings. The average Bonchev–Trinajstić information content (AvgIpc) is 2.76. The molecule has 0 saturated carbocycles. The predicted octanol–water partition coefficient (Wildman–Crippen LogP) is 5.88. The van der Waals surface area contributed by atoms with Crippen LogP contribution in [0.2, 0.25) is 0 Å². The van der Waals surface area contributed by atoms with Gasteiger partial charge in [0.2, 0.25) is 0 Å². The predicted molar refractivity (Wildman–Crippen MR) is 122 cm³/mol. The fourth-order valence-electron chi connectivity index (χ4n) is 3.92. The minimum atomic E-state index is -0.618. The highest BCUT2D eigenvalue weighted by Crippen LogP contribution is 2.48. The normalized spacial score (nSPS) is 15.3. The number of hydrogen-bond donors (Lipinski definition) is 0. The van der Waals surface area contributed by atoms with Crippen molar-refractivity contribution < 1.29 is 18.7 Å². The fourth-order valence-corrected chi connectivity index (χ4v) is 3.92. The maximum absolute atomic E-state index is 13.5. The lowest BCUT2D eigenvalue weighted by Crippen LogP contribution is -2.29. The van der Waals surface area contributed by atoms with Gasteiger partial charge in [-0.05, 0) is 38.0 Å². The summed E-state index contributed by atoms with van der Waals surface area (Å²) in [6, 6.07) is 11.0. The first-order valence-corrected chi connectivity index (χ1v) is 10.5. The van der Waals surface area contributed by atoms with Crippen LogP contribution in [0.15, 0.2) is 51.7 Å². The van der Waals surface area contributed by atoms with E-state index in [4.69, 9.17) is 13.9 Å². The minimum absolute atomic E-state index is 0.0613. The Morgan fingerprint density at radius 3 is 2.55 bits per heavy atom. The third kappa shape index (κ3) is 3.54. The highest BCUT2D eigenvalue weighted by atomic mass is 16.5. The zero-order chi connectivity index (χ0) is 22.3. The Kier molecular flexibility index (Phi) is 5.21. The van der Waals surface area contributed by atoms with Gasteiger partial charge in [0.15, 0.2) is 11.4 Å². The van der Waals surface area contributed by atoms with Gasteiger partial charge >= 0.3 is 5.63 Å². The Labute approximate surface area is 181 Å². The molecular weight excluding hydrogens is 392 g/mol. The number of rotatable bonds is 5. The van der Waals surface area contributed by atoms with E-state index >= 15 is 0 Å². The maximum Gasteiger partial charge on any atom is 0.336 e. The molecule has 0 saturated heterocycles. The third-order valence-corrected chi connectivity index (χ3v) is 5.74. The second-order valence-corrected chi connectivity index (χ2v) is 8.41. The van der Waals surface area contributed by atoms with E-state index in [1.807, 2.05) is 70.2 Å². The first-order valence-electron chi connectivity index (χ1n) is 10.5. The first-order chi connectivity index (χ1) is 14.8. The summed E-state index contributed by atoms with van der Waals surface area (Å²) in [5.74, 6) is 0.487. The molecule has 3 aromatic rings. The lowest BCUT2D eigenvalue weighted by molar-refractivity contribution is 0.0911. The SMILES string of the molecule is CCC(C)C(=O)c1c2c(c3oc(=O)cc(-c4ccccc4)c3c1OC)C=CC(C)(C)O2. The zero-order valence-corrected chi connectivity index (χ0v) is 18.4. The van der Waals surface area contributed by atoms with E-state index in [0.29, 0.717) is 45.6 Å². The lowest BCUT2D eigenvalue weighted by atomic mass is 9.88. The van der Waals surface area contributed by atoms with Gasteiger partial charge < -0.3 is 13.9 Å². The van der Waals surface area contributed by atoms with Gasteiger partial charge in [-0.15, -0.1) is 0 Å². The van der Waals surface area contributed by atoms with E-state index in [0.717, 1.165) is 5.56 Å². The first kappa shape index (κ1) is 20.9. The molecule has 1 unspecified atom stereocenters. The van der Waals surface area contributed by atoms with Crippen LogP contribution in [0, 0.1) is 5.92 Å². The van der Waals surface area contributed by atoms with Gasteiger partial charge in [0.05, 0.1) is 18.1 Å². The average molecular weight is 418 g/mol. The quantitative estimate of drug-likeness (QED) is 0.382. The van der Waals surface area contributed by atoms with Crippen LogP contribution < -0.4 is 15.1 Å². The Hall–Kier alpha value is -3.34. The summed E-state index contributed by atoms with van der Waals surface area (Å²) in [6.45, 7) is 7.70. The smallest absolute Gasteiger partial charge is 0.336 e. The number of ether oxygens (including phenoxy) is 2. The van der Waals surface area contributed by atoms with Gasteiger partial charge in [0.25, 0.3) is 0 Å². The van der Waals surface area contributed by atoms with Gasteiger partial charge in [-0.2, -0.15) is 0 Å². The molecule has 0 amide bonds. The van der Waals surface area contributed by atoms with Crippen LogP contribution in [0.4, 0.5) is 0 Å². The molecule has 0 fully saturated rings. The molecule has 4 rings (SSSR count). The van der Waals surface area contributed by atoms with Gasteiger partial charge in [-0.3, -0.25) is 4.79 Å². The number of Topliss-reactive ketones (excluding diaryl/α,β-unsaturated/α-hetero) is 1. The number of hydrogen-bond acceptors (Lipinski definition) is 5. The van der Waals surface area contributed by atoms with Crippen LogP contribution >= 0.6 is 0 Å². The van der Waals surface area contributed by atoms with E-state index in [9.17, 15) is 9.59 Å². The van der Waals surface area contributed by atoms with Crippen LogP contribution in [-0.2, 0) is 0 Å². The van der Waals surface area contributed by atoms with Crippen molar-refractivity contribution >= 4 is 22.8 Å². The summed E-state index contributed by atoms with van der Waals surface area (Å²) in [4.78, 5) is 26.0. The number of carbonyl (C=O) groups excluding carboxylic acids is 1. The molecular formula is C26H26O5. The van der Waals surface area contributed by atoms with Crippen molar-refractivity contribution in [2.24, 2.45) is 5.92 Å². The van der Waals surface area contributed by atoms with Crippen LogP contribution in [-0.4, -0.2) is 18.5 Å². The highest BCUT2D eigenvalue weighted by molar-refractivity contribution is 6.13. The van der Waals surface area contributed by atoms with E-state index in [1.54, 1.807) is 0 Å². The summed E-state index contributed by atoms with van der Waals surface area (Å²) >= 11 is 0. The van der Waals surface area contributed by atoms with Crippen molar-refractivity contribution in [3.8, 4) is 22.6 Å². The van der Waals surface area contributed by atoms with Gasteiger partial charge in [-0.25, -0.2) is 4.79 Å². The molecule has 0 bridgehead atoms. The van der Waals surface area contributed by atoms with Gasteiger partial charge in [-0.1, -0.05) is 44.2 Å². The van der Waals surface area contributed by atoms with Gasteiger partial charge in [0, 0.05) is 17.5 Å². The summed E-state index contributed by atoms with van der Waals surface area (Å²) < 4.78 is 17.8. The second kappa shape index (κ2) is 7.73. The highest BCUT2D eigenvalue weighted by Gasteiger charge is 2.35. The Balaban J connectivity index is 2.21. The van der Waals surface area contributed by atoms with Crippen molar-refractivity contribution in [3.05, 3.63) is 64.0 Å². The van der Waals surface area contributed by atoms with Crippen LogP contribution in [0.3, 0.4) is 0 Å². The second-order valence-electron chi connectivity index (χ2n) is 8.41. The summed E-state index contributed by atoms with van der Waals surface area (Å²) in [7, 11) is 1.53. The van der Waals surface area contributed by atoms with Crippen molar-refractivity contribution in [2.45, 2.75) is 39.7 Å². The maximum atomic E-state index is 13.5. The molecule has 2 heterocycles. The largest absolute Gasteiger partial charge is 0.495 e. The third-order valence-electron chi connectivity index (χ3n) is 5.74. The summed E-state index contributed by atoms with van der Waals surface area (Å²) in [5, 5.41) is 0.589. The van der Waals surface area contributed by atoms with E-state index in [2.05, 4.69) is 0 Å². The molecule has 5 nitrogen and oxygen atoms in total. The zero-order valence-electron chi connectivity index (χ0n) is 18.4. The Morgan fingerprint density at radius 2 is 1.90 bits per heavy atom. The molecule has 0 aliphatic carbocycles. The van der Waals surface area contributed by atoms with Crippen molar-refractivity contribution in [1.82, 2.24) is 0 Å². The molecule has 5 heteroatoms. The minimum Gasteiger partial charge on any atom is -0.495 e. The number of methoxy groups -OCH3 is 1. The number of carbonyl (C=O) groups is 1. The van der Waals surface area contributed by atoms with E-state index < -0.39 is 11.2 Å². The van der Waals surface area contributed by atoms with Crippen molar-refractivity contribution in [1.29, 1.82) is 0 Å². The standard InChI is InChI=1S/C26H26O5/c1-6-15(2)22(28)21-24-17(12-13-26(3,4)31-24)23-20(25(21)29-5)18(14-19(27)30-23)16-10-8-7-9-11-16/h7-15H,6H2,1-5H3. The van der Waals surface area contributed by atoms with Crippen molar-refractivity contribution in [3.63, 3.8) is 0 Å². The Bertz CT molecular complexity index is 1250. The topological polar surface area (TPSA) is 65.7 Å². The Morgan fingerprint density at radius 1 is 1.19 bits per heavy atom. The lowest BCUT2D eigenvalue weighted by Gasteiger charge is -2.31. The summed E-state index contributed by atoms with van der Waals surface area (Å²) in [6.07, 6.45) is 4.45. The van der Waals surface area contributed by atoms with Gasteiger partial charge in [0.1, 0.15) is 22.7 Å². The van der Waals surface area contributed by atoms with E-state index in [1.165, 1.54) is 13.2 Å². The van der Waals surface area contributed by atoms with Crippen LogP contribution in [0.1, 0.15) is 50.0 Å². The molecule has 1 aromatic heterocycles. The summed E-state index contributed by atoms with van der Waals surface area (Å²) in [5.41, 5.74) is 1.72. The number of ketones is 1. The molecule has 0 radical (unpaired) electrons. The molecule has 2 aromatic carbocycles. The molecule has 1 aliphatic heterocycles. The van der Waals surface area contributed by atoms with E-state index in [-0.39, 0.29) is 11.7 Å².